The third-order valence-electron chi connectivity index (χ3n) is 3.51. The average Bonchev–Trinajstić information content (AvgIpc) is 2.40. The SMILES string of the molecule is Nc1ccc(F)cc1S(=O)(=O)N1CCC(C(F)(F)F)CC1. The molecule has 1 heterocycles. The van der Waals surface area contributed by atoms with E-state index in [1.807, 2.05) is 0 Å². The van der Waals surface area contributed by atoms with Crippen molar-refractivity contribution in [1.29, 1.82) is 0 Å². The van der Waals surface area contributed by atoms with Crippen LogP contribution in [0, 0.1) is 11.7 Å². The highest BCUT2D eigenvalue weighted by Crippen LogP contribution is 2.36. The molecule has 0 atom stereocenters. The second-order valence-electron chi connectivity index (χ2n) is 4.90. The minimum absolute atomic E-state index is 0.130. The van der Waals surface area contributed by atoms with Crippen LogP contribution >= 0.6 is 0 Å². The molecule has 1 aromatic carbocycles. The molecule has 118 valence electrons. The average molecular weight is 326 g/mol. The van der Waals surface area contributed by atoms with Gasteiger partial charge in [0.15, 0.2) is 0 Å². The molecular weight excluding hydrogens is 312 g/mol. The van der Waals surface area contributed by atoms with Crippen molar-refractivity contribution in [2.24, 2.45) is 5.92 Å². The molecule has 1 aliphatic rings. The van der Waals surface area contributed by atoms with Gasteiger partial charge in [-0.05, 0) is 31.0 Å². The van der Waals surface area contributed by atoms with E-state index in [2.05, 4.69) is 0 Å². The number of anilines is 1. The summed E-state index contributed by atoms with van der Waals surface area (Å²) in [5.41, 5.74) is 5.40. The van der Waals surface area contributed by atoms with Gasteiger partial charge in [-0.3, -0.25) is 0 Å². The number of nitrogens with zero attached hydrogens (tertiary/aromatic N) is 1. The van der Waals surface area contributed by atoms with Crippen LogP contribution in [0.4, 0.5) is 23.2 Å². The summed E-state index contributed by atoms with van der Waals surface area (Å²) in [6, 6.07) is 2.91. The molecule has 2 N–H and O–H groups in total. The minimum atomic E-state index is -4.33. The zero-order chi connectivity index (χ0) is 15.8. The Kier molecular flexibility index (Phi) is 4.16. The number of hydrogen-bond donors (Lipinski definition) is 1. The summed E-state index contributed by atoms with van der Waals surface area (Å²) in [6.07, 6.45) is -4.94. The standard InChI is InChI=1S/C12H14F4N2O2S/c13-9-1-2-10(17)11(7-9)21(19,20)18-5-3-8(4-6-18)12(14,15)16/h1-2,7-8H,3-6,17H2. The van der Waals surface area contributed by atoms with Crippen molar-refractivity contribution in [1.82, 2.24) is 4.31 Å². The van der Waals surface area contributed by atoms with E-state index < -0.39 is 32.8 Å². The van der Waals surface area contributed by atoms with Crippen LogP contribution in [0.15, 0.2) is 23.1 Å². The smallest absolute Gasteiger partial charge is 0.391 e. The number of piperidine rings is 1. The Bertz CT molecular complexity index is 623. The fourth-order valence-electron chi connectivity index (χ4n) is 2.29. The van der Waals surface area contributed by atoms with Gasteiger partial charge in [-0.25, -0.2) is 12.8 Å². The van der Waals surface area contributed by atoms with Crippen molar-refractivity contribution < 1.29 is 26.0 Å². The molecule has 0 bridgehead atoms. The van der Waals surface area contributed by atoms with Crippen LogP contribution in [0.2, 0.25) is 0 Å². The molecule has 1 fully saturated rings. The van der Waals surface area contributed by atoms with Crippen molar-refractivity contribution >= 4 is 15.7 Å². The van der Waals surface area contributed by atoms with E-state index in [0.29, 0.717) is 0 Å². The minimum Gasteiger partial charge on any atom is -0.398 e. The van der Waals surface area contributed by atoms with Crippen LogP contribution in [0.25, 0.3) is 0 Å². The van der Waals surface area contributed by atoms with Gasteiger partial charge >= 0.3 is 6.18 Å². The number of benzene rings is 1. The molecule has 0 aromatic heterocycles. The number of alkyl halides is 3. The Hall–Kier alpha value is -1.35. The fraction of sp³-hybridized carbons (Fsp3) is 0.500. The van der Waals surface area contributed by atoms with Crippen LogP contribution in [0.5, 0.6) is 0 Å². The molecule has 0 saturated carbocycles. The summed E-state index contributed by atoms with van der Waals surface area (Å²) in [7, 11) is -4.08. The highest BCUT2D eigenvalue weighted by molar-refractivity contribution is 7.89. The zero-order valence-electron chi connectivity index (χ0n) is 10.9. The summed E-state index contributed by atoms with van der Waals surface area (Å²) in [6.45, 7) is -0.523. The summed E-state index contributed by atoms with van der Waals surface area (Å²) in [5, 5.41) is 0. The molecule has 2 rings (SSSR count). The molecule has 1 saturated heterocycles. The molecular formula is C12H14F4N2O2S. The van der Waals surface area contributed by atoms with Gasteiger partial charge in [0.2, 0.25) is 10.0 Å². The fourth-order valence-corrected chi connectivity index (χ4v) is 3.89. The Labute approximate surface area is 119 Å². The molecule has 0 unspecified atom stereocenters. The van der Waals surface area contributed by atoms with E-state index in [-0.39, 0.29) is 31.6 Å². The number of nitrogens with two attached hydrogens (primary N) is 1. The lowest BCUT2D eigenvalue weighted by molar-refractivity contribution is -0.182. The summed E-state index contributed by atoms with van der Waals surface area (Å²) < 4.78 is 76.4. The lowest BCUT2D eigenvalue weighted by Crippen LogP contribution is -2.42. The third-order valence-corrected chi connectivity index (χ3v) is 5.46. The Balaban J connectivity index is 2.21. The number of sulfonamides is 1. The largest absolute Gasteiger partial charge is 0.398 e. The van der Waals surface area contributed by atoms with E-state index in [1.165, 1.54) is 0 Å². The van der Waals surface area contributed by atoms with E-state index in [4.69, 9.17) is 5.73 Å². The van der Waals surface area contributed by atoms with Crippen molar-refractivity contribution in [3.05, 3.63) is 24.0 Å². The molecule has 0 spiro atoms. The molecule has 1 aromatic rings. The second kappa shape index (κ2) is 5.45. The highest BCUT2D eigenvalue weighted by atomic mass is 32.2. The maximum Gasteiger partial charge on any atom is 0.391 e. The Morgan fingerprint density at radius 3 is 2.29 bits per heavy atom. The van der Waals surface area contributed by atoms with Gasteiger partial charge in [-0.1, -0.05) is 0 Å². The lowest BCUT2D eigenvalue weighted by atomic mass is 9.98. The van der Waals surface area contributed by atoms with Crippen molar-refractivity contribution in [2.45, 2.75) is 23.9 Å². The maximum absolute atomic E-state index is 13.2. The highest BCUT2D eigenvalue weighted by Gasteiger charge is 2.43. The molecule has 0 amide bonds. The van der Waals surface area contributed by atoms with Crippen molar-refractivity contribution in [3.63, 3.8) is 0 Å². The van der Waals surface area contributed by atoms with Crippen LogP contribution in [-0.4, -0.2) is 32.0 Å². The molecule has 0 radical (unpaired) electrons. The topological polar surface area (TPSA) is 63.4 Å². The van der Waals surface area contributed by atoms with Gasteiger partial charge in [0, 0.05) is 13.1 Å². The summed E-state index contributed by atoms with van der Waals surface area (Å²) >= 11 is 0. The first-order chi connectivity index (χ1) is 9.62. The van der Waals surface area contributed by atoms with Crippen LogP contribution < -0.4 is 5.73 Å². The van der Waals surface area contributed by atoms with Crippen LogP contribution in [0.1, 0.15) is 12.8 Å². The van der Waals surface area contributed by atoms with E-state index in [0.717, 1.165) is 22.5 Å². The molecule has 4 nitrogen and oxygen atoms in total. The lowest BCUT2D eigenvalue weighted by Gasteiger charge is -2.32. The predicted molar refractivity (Wildman–Crippen MR) is 68.4 cm³/mol. The summed E-state index contributed by atoms with van der Waals surface area (Å²) in [5.74, 6) is -2.28. The maximum atomic E-state index is 13.2. The molecule has 1 aliphatic heterocycles. The summed E-state index contributed by atoms with van der Waals surface area (Å²) in [4.78, 5) is -0.409. The number of nitrogen functional groups attached to an aromatic ring is 1. The van der Waals surface area contributed by atoms with Gasteiger partial charge < -0.3 is 5.73 Å². The van der Waals surface area contributed by atoms with Gasteiger partial charge in [-0.2, -0.15) is 17.5 Å². The zero-order valence-corrected chi connectivity index (χ0v) is 11.7. The number of rotatable bonds is 2. The van der Waals surface area contributed by atoms with Gasteiger partial charge in [-0.15, -0.1) is 0 Å². The first-order valence-electron chi connectivity index (χ1n) is 6.24. The quantitative estimate of drug-likeness (QED) is 0.670. The monoisotopic (exact) mass is 326 g/mol. The first-order valence-corrected chi connectivity index (χ1v) is 7.68. The second-order valence-corrected chi connectivity index (χ2v) is 6.81. The molecule has 21 heavy (non-hydrogen) atoms. The molecule has 0 aliphatic carbocycles. The Morgan fingerprint density at radius 1 is 1.19 bits per heavy atom. The van der Waals surface area contributed by atoms with E-state index in [9.17, 15) is 26.0 Å². The van der Waals surface area contributed by atoms with Crippen LogP contribution in [-0.2, 0) is 10.0 Å². The predicted octanol–water partition coefficient (Wildman–Crippen LogP) is 2.37. The normalized spacial score (nSPS) is 18.9. The van der Waals surface area contributed by atoms with Gasteiger partial charge in [0.05, 0.1) is 11.6 Å². The van der Waals surface area contributed by atoms with Crippen molar-refractivity contribution in [2.75, 3.05) is 18.8 Å². The Morgan fingerprint density at radius 2 is 1.76 bits per heavy atom. The molecule has 9 heteroatoms. The number of halogens is 4. The van der Waals surface area contributed by atoms with Gasteiger partial charge in [0.25, 0.3) is 0 Å². The van der Waals surface area contributed by atoms with Crippen molar-refractivity contribution in [3.8, 4) is 0 Å². The van der Waals surface area contributed by atoms with E-state index in [1.54, 1.807) is 0 Å². The number of hydrogen-bond acceptors (Lipinski definition) is 3. The van der Waals surface area contributed by atoms with E-state index >= 15 is 0 Å². The van der Waals surface area contributed by atoms with Crippen LogP contribution in [0.3, 0.4) is 0 Å². The first kappa shape index (κ1) is 16.0. The van der Waals surface area contributed by atoms with Gasteiger partial charge in [0.1, 0.15) is 10.7 Å². The third kappa shape index (κ3) is 3.29.